The molecule has 11 heteroatoms. The number of rotatable bonds is 18. The molecule has 270 valence electrons. The predicted molar refractivity (Wildman–Crippen MR) is 192 cm³/mol. The number of likely N-dealkylation sites (tertiary alicyclic amines) is 1. The first-order valence-electron chi connectivity index (χ1n) is 17.7. The highest BCUT2D eigenvalue weighted by atomic mass is 79.9. The van der Waals surface area contributed by atoms with E-state index in [0.717, 1.165) is 12.8 Å². The van der Waals surface area contributed by atoms with Crippen LogP contribution < -0.4 is 0 Å². The molecule has 3 amide bonds. The van der Waals surface area contributed by atoms with Gasteiger partial charge in [0.15, 0.2) is 0 Å². The van der Waals surface area contributed by atoms with Gasteiger partial charge in [-0.3, -0.25) is 19.2 Å². The molecule has 0 saturated carbocycles. The van der Waals surface area contributed by atoms with Crippen molar-refractivity contribution >= 4 is 39.6 Å². The summed E-state index contributed by atoms with van der Waals surface area (Å²) in [7, 11) is 1.69. The maximum atomic E-state index is 14.8. The first-order valence-corrected chi connectivity index (χ1v) is 18.6. The Balaban J connectivity index is 1.76. The number of ether oxygens (including phenoxy) is 2. The van der Waals surface area contributed by atoms with E-state index in [1.54, 1.807) is 29.0 Å². The maximum Gasteiger partial charge on any atom is 0.313 e. The number of benzene rings is 1. The van der Waals surface area contributed by atoms with Gasteiger partial charge in [0.2, 0.25) is 17.7 Å². The van der Waals surface area contributed by atoms with E-state index in [0.29, 0.717) is 37.9 Å². The van der Waals surface area contributed by atoms with E-state index in [2.05, 4.69) is 29.1 Å². The zero-order valence-corrected chi connectivity index (χ0v) is 31.2. The van der Waals surface area contributed by atoms with Crippen LogP contribution >= 0.6 is 15.9 Å². The van der Waals surface area contributed by atoms with Gasteiger partial charge in [-0.15, -0.1) is 13.2 Å². The number of hydrogen-bond donors (Lipinski definition) is 1. The summed E-state index contributed by atoms with van der Waals surface area (Å²) in [6.07, 6.45) is 5.29. The Bertz CT molecular complexity index is 1360. The minimum Gasteiger partial charge on any atom is -0.455 e. The van der Waals surface area contributed by atoms with Gasteiger partial charge in [0.05, 0.1) is 36.6 Å². The second-order valence-corrected chi connectivity index (χ2v) is 15.0. The van der Waals surface area contributed by atoms with E-state index in [1.807, 2.05) is 58.0 Å². The molecule has 49 heavy (non-hydrogen) atoms. The molecular formula is C38H54BrN3O7. The second-order valence-electron chi connectivity index (χ2n) is 13.8. The van der Waals surface area contributed by atoms with Crippen molar-refractivity contribution < 1.29 is 33.8 Å². The van der Waals surface area contributed by atoms with Crippen molar-refractivity contribution in [1.82, 2.24) is 14.7 Å². The van der Waals surface area contributed by atoms with Gasteiger partial charge >= 0.3 is 5.97 Å². The number of aliphatic hydroxyl groups is 1. The van der Waals surface area contributed by atoms with Crippen LogP contribution in [0.2, 0.25) is 0 Å². The summed E-state index contributed by atoms with van der Waals surface area (Å²) in [5.41, 5.74) is -0.587. The highest BCUT2D eigenvalue weighted by molar-refractivity contribution is 9.09. The number of alkyl halides is 1. The Labute approximate surface area is 300 Å². The fourth-order valence-corrected chi connectivity index (χ4v) is 8.82. The van der Waals surface area contributed by atoms with Crippen LogP contribution in [0.15, 0.2) is 55.6 Å². The minimum absolute atomic E-state index is 0.109. The van der Waals surface area contributed by atoms with Crippen LogP contribution in [0.3, 0.4) is 0 Å². The normalized spacial score (nSPS) is 27.9. The highest BCUT2D eigenvalue weighted by Gasteiger charge is 2.77. The standard InChI is InChI=1S/C38H54BrN3O7/c1-8-12-19-29(44)40(7)25(6)32(26-17-15-14-16-18-26)48-37(47)30-31-35(45)42(28(23-43)24(5)11-4)34(38(31)22-27(39)33(30)49-38)36(46)41(20-10-3)21-13-9-2/h8,10,14-18,24-25,27-28,30-34,43H,1,3,9,11-13,19-23H2,2,4-7H3/t24-,25-,27?,28-,30+,31-,32+,33+,34+,38-/m0/s1. The molecule has 10 atom stereocenters. The first kappa shape index (κ1) is 38.8. The van der Waals surface area contributed by atoms with Gasteiger partial charge in [-0.05, 0) is 37.7 Å². The molecule has 3 saturated heterocycles. The minimum atomic E-state index is -1.30. The average Bonchev–Trinajstić information content (AvgIpc) is 3.70. The average molecular weight is 745 g/mol. The topological polar surface area (TPSA) is 117 Å². The van der Waals surface area contributed by atoms with Crippen molar-refractivity contribution in [2.45, 2.75) is 107 Å². The number of esters is 1. The van der Waals surface area contributed by atoms with E-state index in [9.17, 15) is 24.3 Å². The van der Waals surface area contributed by atoms with E-state index in [4.69, 9.17) is 9.47 Å². The number of allylic oxidation sites excluding steroid dienone is 1. The van der Waals surface area contributed by atoms with Crippen LogP contribution in [0.4, 0.5) is 0 Å². The van der Waals surface area contributed by atoms with Gasteiger partial charge < -0.3 is 29.3 Å². The molecule has 1 unspecified atom stereocenters. The molecule has 2 bridgehead atoms. The lowest BCUT2D eigenvalue weighted by Crippen LogP contribution is -2.60. The monoisotopic (exact) mass is 743 g/mol. The molecule has 0 radical (unpaired) electrons. The number of amides is 3. The summed E-state index contributed by atoms with van der Waals surface area (Å²) in [6.45, 7) is 15.8. The molecule has 0 aromatic heterocycles. The lowest BCUT2D eigenvalue weighted by atomic mass is 9.70. The Hall–Kier alpha value is -3.02. The summed E-state index contributed by atoms with van der Waals surface area (Å²) < 4.78 is 13.1. The molecule has 3 aliphatic rings. The van der Waals surface area contributed by atoms with Gasteiger partial charge in [-0.1, -0.05) is 92.0 Å². The Morgan fingerprint density at radius 2 is 1.88 bits per heavy atom. The number of carbonyl (C=O) groups excluding carboxylic acids is 4. The number of aliphatic hydroxyl groups excluding tert-OH is 1. The van der Waals surface area contributed by atoms with E-state index in [1.165, 1.54) is 4.90 Å². The lowest BCUT2D eigenvalue weighted by molar-refractivity contribution is -0.165. The molecule has 1 aromatic rings. The second kappa shape index (κ2) is 16.8. The summed E-state index contributed by atoms with van der Waals surface area (Å²) in [4.78, 5) is 61.5. The summed E-state index contributed by atoms with van der Waals surface area (Å²) in [5.74, 6) is -3.49. The van der Waals surface area contributed by atoms with Gasteiger partial charge in [0, 0.05) is 31.4 Å². The third kappa shape index (κ3) is 7.40. The zero-order valence-electron chi connectivity index (χ0n) is 29.6. The van der Waals surface area contributed by atoms with Crippen molar-refractivity contribution in [1.29, 1.82) is 0 Å². The molecular weight excluding hydrogens is 690 g/mol. The number of halogens is 1. The van der Waals surface area contributed by atoms with Gasteiger partial charge in [0.25, 0.3) is 0 Å². The molecule has 3 aliphatic heterocycles. The van der Waals surface area contributed by atoms with Gasteiger partial charge in [0.1, 0.15) is 17.7 Å². The van der Waals surface area contributed by atoms with Crippen molar-refractivity contribution in [2.75, 3.05) is 26.7 Å². The summed E-state index contributed by atoms with van der Waals surface area (Å²) >= 11 is 3.75. The van der Waals surface area contributed by atoms with Gasteiger partial charge in [-0.2, -0.15) is 0 Å². The number of carbonyl (C=O) groups is 4. The molecule has 1 N–H and O–H groups in total. The molecule has 3 fully saturated rings. The van der Waals surface area contributed by atoms with E-state index < -0.39 is 53.7 Å². The number of likely N-dealkylation sites (N-methyl/N-ethyl adjacent to an activating group) is 1. The molecule has 1 aromatic carbocycles. The van der Waals surface area contributed by atoms with Crippen molar-refractivity contribution in [3.05, 3.63) is 61.2 Å². The van der Waals surface area contributed by atoms with Crippen LogP contribution in [0.1, 0.15) is 77.9 Å². The number of fused-ring (bicyclic) bond motifs is 1. The Morgan fingerprint density at radius 3 is 2.47 bits per heavy atom. The fraction of sp³-hybridized carbons (Fsp3) is 0.632. The highest BCUT2D eigenvalue weighted by Crippen LogP contribution is 2.61. The largest absolute Gasteiger partial charge is 0.455 e. The molecule has 3 heterocycles. The number of nitrogens with zero attached hydrogens (tertiary/aromatic N) is 3. The smallest absolute Gasteiger partial charge is 0.313 e. The van der Waals surface area contributed by atoms with Crippen molar-refractivity contribution in [3.8, 4) is 0 Å². The molecule has 4 rings (SSSR count). The maximum absolute atomic E-state index is 14.8. The third-order valence-electron chi connectivity index (χ3n) is 10.9. The quantitative estimate of drug-likeness (QED) is 0.127. The molecule has 10 nitrogen and oxygen atoms in total. The first-order chi connectivity index (χ1) is 23.4. The SMILES string of the molecule is C=CCCC(=O)N(C)[C@@H](C)[C@@H](OC(=O)[C@H]1[C@@H]2O[C@@]3(CC2Br)[C@@H]1C(=O)N([C@@H](CO)[C@@H](C)CC)[C@@H]3C(=O)N(CC=C)CCCC)c1ccccc1. The molecule has 0 aliphatic carbocycles. The van der Waals surface area contributed by atoms with E-state index >= 15 is 0 Å². The van der Waals surface area contributed by atoms with Crippen LogP contribution in [0.25, 0.3) is 0 Å². The molecule has 1 spiro atoms. The Kier molecular flexibility index (Phi) is 13.3. The van der Waals surface area contributed by atoms with Gasteiger partial charge in [-0.25, -0.2) is 0 Å². The fourth-order valence-electron chi connectivity index (χ4n) is 7.88. The van der Waals surface area contributed by atoms with Crippen molar-refractivity contribution in [3.63, 3.8) is 0 Å². The summed E-state index contributed by atoms with van der Waals surface area (Å²) in [6, 6.07) is 7.04. The third-order valence-corrected chi connectivity index (χ3v) is 11.7. The number of unbranched alkanes of at least 4 members (excludes halogenated alkanes) is 1. The van der Waals surface area contributed by atoms with Crippen LogP contribution in [0.5, 0.6) is 0 Å². The van der Waals surface area contributed by atoms with Crippen LogP contribution in [-0.4, -0.2) is 105 Å². The summed E-state index contributed by atoms with van der Waals surface area (Å²) in [5, 5.41) is 10.7. The van der Waals surface area contributed by atoms with E-state index in [-0.39, 0.29) is 41.5 Å². The Morgan fingerprint density at radius 1 is 1.18 bits per heavy atom. The van der Waals surface area contributed by atoms with Crippen LogP contribution in [0, 0.1) is 17.8 Å². The van der Waals surface area contributed by atoms with Crippen molar-refractivity contribution in [2.24, 2.45) is 17.8 Å². The number of hydrogen-bond acceptors (Lipinski definition) is 7. The lowest BCUT2D eigenvalue weighted by Gasteiger charge is -2.41. The zero-order chi connectivity index (χ0) is 36.0. The predicted octanol–water partition coefficient (Wildman–Crippen LogP) is 5.05. The van der Waals surface area contributed by atoms with Crippen LogP contribution in [-0.2, 0) is 28.7 Å².